The van der Waals surface area contributed by atoms with Crippen molar-refractivity contribution in [1.82, 2.24) is 9.97 Å². The third kappa shape index (κ3) is 3.81. The van der Waals surface area contributed by atoms with Crippen LogP contribution in [0.5, 0.6) is 5.75 Å². The molecule has 8 heteroatoms. The Morgan fingerprint density at radius 2 is 2.10 bits per heavy atom. The first-order chi connectivity index (χ1) is 14.4. The van der Waals surface area contributed by atoms with Gasteiger partial charge in [-0.1, -0.05) is 11.6 Å². The summed E-state index contributed by atoms with van der Waals surface area (Å²) in [4.78, 5) is 24.3. The third-order valence-electron chi connectivity index (χ3n) is 5.63. The average molecular weight is 429 g/mol. The summed E-state index contributed by atoms with van der Waals surface area (Å²) in [5.41, 5.74) is 2.21. The van der Waals surface area contributed by atoms with E-state index in [1.54, 1.807) is 25.3 Å². The summed E-state index contributed by atoms with van der Waals surface area (Å²) in [6.07, 6.45) is 1.70. The Morgan fingerprint density at radius 1 is 1.30 bits per heavy atom. The average Bonchev–Trinajstić information content (AvgIpc) is 3.01. The highest BCUT2D eigenvalue weighted by Crippen LogP contribution is 2.34. The van der Waals surface area contributed by atoms with Crippen molar-refractivity contribution in [3.8, 4) is 5.75 Å². The van der Waals surface area contributed by atoms with Crippen LogP contribution in [0.25, 0.3) is 11.1 Å². The number of aromatic nitrogens is 2. The molecule has 1 aliphatic rings. The van der Waals surface area contributed by atoms with Gasteiger partial charge in [0.15, 0.2) is 0 Å². The van der Waals surface area contributed by atoms with Crippen molar-refractivity contribution in [3.05, 3.63) is 40.4 Å². The molecule has 0 spiro atoms. The van der Waals surface area contributed by atoms with E-state index < -0.39 is 0 Å². The van der Waals surface area contributed by atoms with E-state index in [0.29, 0.717) is 34.5 Å². The van der Waals surface area contributed by atoms with Crippen LogP contribution in [0.3, 0.4) is 0 Å². The van der Waals surface area contributed by atoms with Crippen LogP contribution in [0.1, 0.15) is 30.0 Å². The van der Waals surface area contributed by atoms with Gasteiger partial charge in [-0.05, 0) is 51.8 Å². The van der Waals surface area contributed by atoms with Crippen molar-refractivity contribution >= 4 is 40.1 Å². The third-order valence-corrected chi connectivity index (χ3v) is 5.87. The first-order valence-electron chi connectivity index (χ1n) is 10.0. The normalized spacial score (nSPS) is 16.7. The van der Waals surface area contributed by atoms with Crippen LogP contribution in [-0.4, -0.2) is 36.1 Å². The summed E-state index contributed by atoms with van der Waals surface area (Å²) >= 11 is 6.10. The van der Waals surface area contributed by atoms with Crippen LogP contribution in [-0.2, 0) is 4.79 Å². The molecular formula is C22H25ClN4O3. The SMILES string of the molecule is COc1ccc(Cl)cc1NC(=O)C1CCCN(c2nc(C)nc3oc(C)c(C)c23)C1. The molecule has 1 amide bonds. The fourth-order valence-corrected chi connectivity index (χ4v) is 4.13. The number of benzene rings is 1. The summed E-state index contributed by atoms with van der Waals surface area (Å²) < 4.78 is 11.2. The van der Waals surface area contributed by atoms with Gasteiger partial charge in [-0.25, -0.2) is 4.98 Å². The number of nitrogens with zero attached hydrogens (tertiary/aromatic N) is 3. The van der Waals surface area contributed by atoms with E-state index in [1.165, 1.54) is 0 Å². The van der Waals surface area contributed by atoms with Gasteiger partial charge in [0.25, 0.3) is 0 Å². The van der Waals surface area contributed by atoms with Gasteiger partial charge in [0.2, 0.25) is 11.6 Å². The number of hydrogen-bond donors (Lipinski definition) is 1. The van der Waals surface area contributed by atoms with Gasteiger partial charge in [-0.15, -0.1) is 0 Å². The summed E-state index contributed by atoms with van der Waals surface area (Å²) in [6.45, 7) is 7.21. The molecule has 3 aromatic rings. The number of ether oxygens (including phenoxy) is 1. The van der Waals surface area contributed by atoms with Gasteiger partial charge in [0.1, 0.15) is 23.2 Å². The van der Waals surface area contributed by atoms with Gasteiger partial charge < -0.3 is 19.4 Å². The van der Waals surface area contributed by atoms with Gasteiger partial charge in [-0.3, -0.25) is 4.79 Å². The van der Waals surface area contributed by atoms with Crippen molar-refractivity contribution in [2.75, 3.05) is 30.4 Å². The Kier molecular flexibility index (Phi) is 5.56. The second kappa shape index (κ2) is 8.14. The van der Waals surface area contributed by atoms with Gasteiger partial charge in [0.05, 0.1) is 24.1 Å². The summed E-state index contributed by atoms with van der Waals surface area (Å²) in [5, 5.41) is 4.45. The molecule has 1 saturated heterocycles. The lowest BCUT2D eigenvalue weighted by Crippen LogP contribution is -2.41. The lowest BCUT2D eigenvalue weighted by atomic mass is 9.96. The minimum absolute atomic E-state index is 0.0533. The highest BCUT2D eigenvalue weighted by molar-refractivity contribution is 6.31. The van der Waals surface area contributed by atoms with Crippen molar-refractivity contribution in [2.45, 2.75) is 33.6 Å². The van der Waals surface area contributed by atoms with E-state index in [2.05, 4.69) is 15.2 Å². The molecule has 158 valence electrons. The second-order valence-electron chi connectivity index (χ2n) is 7.68. The van der Waals surface area contributed by atoms with Crippen LogP contribution in [0, 0.1) is 26.7 Å². The predicted molar refractivity (Wildman–Crippen MR) is 118 cm³/mol. The van der Waals surface area contributed by atoms with Crippen molar-refractivity contribution < 1.29 is 13.9 Å². The topological polar surface area (TPSA) is 80.5 Å². The largest absolute Gasteiger partial charge is 0.495 e. The van der Waals surface area contributed by atoms with E-state index in [9.17, 15) is 4.79 Å². The number of halogens is 1. The van der Waals surface area contributed by atoms with Gasteiger partial charge in [-0.2, -0.15) is 4.98 Å². The van der Waals surface area contributed by atoms with E-state index in [0.717, 1.165) is 41.9 Å². The number of carbonyl (C=O) groups excluding carboxylic acids is 1. The summed E-state index contributed by atoms with van der Waals surface area (Å²) in [6, 6.07) is 5.18. The van der Waals surface area contributed by atoms with Crippen LogP contribution in [0.15, 0.2) is 22.6 Å². The molecule has 0 radical (unpaired) electrons. The minimum atomic E-state index is -0.180. The molecule has 0 aliphatic carbocycles. The number of fused-ring (bicyclic) bond motifs is 1. The Labute approximate surface area is 180 Å². The molecule has 0 saturated carbocycles. The van der Waals surface area contributed by atoms with E-state index >= 15 is 0 Å². The molecule has 1 aromatic carbocycles. The molecular weight excluding hydrogens is 404 g/mol. The molecule has 1 fully saturated rings. The molecule has 1 atom stereocenters. The Morgan fingerprint density at radius 3 is 2.87 bits per heavy atom. The number of amides is 1. The molecule has 0 bridgehead atoms. The number of furan rings is 1. The number of nitrogens with one attached hydrogen (secondary N) is 1. The summed E-state index contributed by atoms with van der Waals surface area (Å²) in [5.74, 6) is 2.68. The molecule has 4 rings (SSSR count). The highest BCUT2D eigenvalue weighted by Gasteiger charge is 2.29. The highest BCUT2D eigenvalue weighted by atomic mass is 35.5. The standard InChI is InChI=1S/C22H25ClN4O3/c1-12-13(2)30-22-19(12)20(24-14(3)25-22)27-9-5-6-15(11-27)21(28)26-17-10-16(23)7-8-18(17)29-4/h7-8,10,15H,5-6,9,11H2,1-4H3,(H,26,28). The number of carbonyl (C=O) groups is 1. The maximum absolute atomic E-state index is 13.0. The van der Waals surface area contributed by atoms with E-state index in [1.807, 2.05) is 20.8 Å². The lowest BCUT2D eigenvalue weighted by Gasteiger charge is -2.33. The number of aryl methyl sites for hydroxylation is 3. The Bertz CT molecular complexity index is 1110. The fourth-order valence-electron chi connectivity index (χ4n) is 3.96. The first kappa shape index (κ1) is 20.5. The predicted octanol–water partition coefficient (Wildman–Crippen LogP) is 4.67. The molecule has 1 aliphatic heterocycles. The number of methoxy groups -OCH3 is 1. The molecule has 30 heavy (non-hydrogen) atoms. The van der Waals surface area contributed by atoms with Crippen molar-refractivity contribution in [3.63, 3.8) is 0 Å². The molecule has 1 N–H and O–H groups in total. The van der Waals surface area contributed by atoms with Crippen molar-refractivity contribution in [1.29, 1.82) is 0 Å². The monoisotopic (exact) mass is 428 g/mol. The van der Waals surface area contributed by atoms with E-state index in [4.69, 9.17) is 25.7 Å². The first-order valence-corrected chi connectivity index (χ1v) is 10.4. The maximum atomic E-state index is 13.0. The molecule has 7 nitrogen and oxygen atoms in total. The quantitative estimate of drug-likeness (QED) is 0.650. The zero-order valence-electron chi connectivity index (χ0n) is 17.6. The summed E-state index contributed by atoms with van der Waals surface area (Å²) in [7, 11) is 1.57. The Balaban J connectivity index is 1.59. The maximum Gasteiger partial charge on any atom is 0.231 e. The molecule has 3 heterocycles. The lowest BCUT2D eigenvalue weighted by molar-refractivity contribution is -0.120. The second-order valence-corrected chi connectivity index (χ2v) is 8.11. The zero-order valence-corrected chi connectivity index (χ0v) is 18.3. The fraction of sp³-hybridized carbons (Fsp3) is 0.409. The molecule has 2 aromatic heterocycles. The van der Waals surface area contributed by atoms with Crippen LogP contribution in [0.4, 0.5) is 11.5 Å². The van der Waals surface area contributed by atoms with Gasteiger partial charge in [0, 0.05) is 23.7 Å². The smallest absolute Gasteiger partial charge is 0.231 e. The zero-order chi connectivity index (χ0) is 21.4. The Hall–Kier alpha value is -2.80. The van der Waals surface area contributed by atoms with Crippen LogP contribution < -0.4 is 15.0 Å². The van der Waals surface area contributed by atoms with Crippen LogP contribution in [0.2, 0.25) is 5.02 Å². The minimum Gasteiger partial charge on any atom is -0.495 e. The van der Waals surface area contributed by atoms with Crippen molar-refractivity contribution in [2.24, 2.45) is 5.92 Å². The van der Waals surface area contributed by atoms with Crippen LogP contribution >= 0.6 is 11.6 Å². The van der Waals surface area contributed by atoms with Gasteiger partial charge >= 0.3 is 0 Å². The van der Waals surface area contributed by atoms with E-state index in [-0.39, 0.29) is 11.8 Å². The number of hydrogen-bond acceptors (Lipinski definition) is 6. The number of anilines is 2. The number of piperidine rings is 1. The molecule has 1 unspecified atom stereocenters. The number of rotatable bonds is 4.